The van der Waals surface area contributed by atoms with Crippen molar-refractivity contribution in [2.24, 2.45) is 0 Å². The molecule has 8 heteroatoms. The quantitative estimate of drug-likeness (QED) is 0.749. The van der Waals surface area contributed by atoms with Crippen molar-refractivity contribution in [1.29, 1.82) is 0 Å². The van der Waals surface area contributed by atoms with Gasteiger partial charge in [-0.3, -0.25) is 9.59 Å². The van der Waals surface area contributed by atoms with Crippen molar-refractivity contribution in [2.75, 3.05) is 12.4 Å². The van der Waals surface area contributed by atoms with Gasteiger partial charge >= 0.3 is 0 Å². The molecule has 0 unspecified atom stereocenters. The molecular formula is C18H14FN3O4. The number of benzene rings is 2. The molecule has 2 aromatic carbocycles. The number of aromatic nitrogens is 2. The van der Waals surface area contributed by atoms with Crippen molar-refractivity contribution in [2.45, 2.75) is 0 Å². The number of aromatic hydroxyl groups is 1. The third-order valence-corrected chi connectivity index (χ3v) is 3.54. The molecule has 1 aromatic heterocycles. The molecule has 0 fully saturated rings. The van der Waals surface area contributed by atoms with Gasteiger partial charge in [0.2, 0.25) is 0 Å². The number of para-hydroxylation sites is 2. The Labute approximate surface area is 147 Å². The average Bonchev–Trinajstić information content (AvgIpc) is 2.63. The normalized spacial score (nSPS) is 10.4. The number of carbonyl (C=O) groups excluding carboxylic acids is 1. The highest BCUT2D eigenvalue weighted by Crippen LogP contribution is 2.21. The predicted octanol–water partition coefficient (Wildman–Crippen LogP) is 2.34. The first-order chi connectivity index (χ1) is 12.5. The number of methoxy groups -OCH3 is 1. The molecule has 0 saturated heterocycles. The largest absolute Gasteiger partial charge is 0.505 e. The molecule has 7 nitrogen and oxygen atoms in total. The van der Waals surface area contributed by atoms with Crippen LogP contribution in [0.4, 0.5) is 10.1 Å². The van der Waals surface area contributed by atoms with Crippen LogP contribution in [0.15, 0.2) is 59.4 Å². The van der Waals surface area contributed by atoms with Crippen LogP contribution in [-0.4, -0.2) is 27.9 Å². The van der Waals surface area contributed by atoms with Crippen molar-refractivity contribution >= 4 is 11.6 Å². The van der Waals surface area contributed by atoms with Gasteiger partial charge < -0.3 is 15.2 Å². The van der Waals surface area contributed by atoms with E-state index in [-0.39, 0.29) is 5.69 Å². The van der Waals surface area contributed by atoms with E-state index in [2.05, 4.69) is 10.4 Å². The van der Waals surface area contributed by atoms with Gasteiger partial charge in [0.1, 0.15) is 17.3 Å². The van der Waals surface area contributed by atoms with Gasteiger partial charge in [-0.05, 0) is 36.4 Å². The first kappa shape index (κ1) is 17.2. The van der Waals surface area contributed by atoms with Crippen LogP contribution in [0.1, 0.15) is 10.5 Å². The minimum atomic E-state index is -0.752. The summed E-state index contributed by atoms with van der Waals surface area (Å²) in [6.07, 6.45) is 0. The summed E-state index contributed by atoms with van der Waals surface area (Å²) in [7, 11) is 1.44. The van der Waals surface area contributed by atoms with E-state index in [0.717, 1.165) is 10.7 Å². The molecule has 0 bridgehead atoms. The Balaban J connectivity index is 2.01. The Hall–Kier alpha value is -3.68. The zero-order valence-electron chi connectivity index (χ0n) is 13.6. The van der Waals surface area contributed by atoms with Crippen molar-refractivity contribution in [3.8, 4) is 17.2 Å². The fourth-order valence-electron chi connectivity index (χ4n) is 2.31. The van der Waals surface area contributed by atoms with Crippen LogP contribution in [-0.2, 0) is 0 Å². The van der Waals surface area contributed by atoms with Gasteiger partial charge in [-0.1, -0.05) is 12.1 Å². The van der Waals surface area contributed by atoms with Crippen LogP contribution in [0.5, 0.6) is 11.5 Å². The number of amides is 1. The molecule has 0 radical (unpaired) electrons. The van der Waals surface area contributed by atoms with Crippen molar-refractivity contribution in [1.82, 2.24) is 9.78 Å². The van der Waals surface area contributed by atoms with Gasteiger partial charge in [-0.2, -0.15) is 9.78 Å². The lowest BCUT2D eigenvalue weighted by molar-refractivity contribution is 0.101. The second-order valence-electron chi connectivity index (χ2n) is 5.26. The van der Waals surface area contributed by atoms with E-state index >= 15 is 0 Å². The van der Waals surface area contributed by atoms with Crippen molar-refractivity contribution in [3.63, 3.8) is 0 Å². The number of hydrogen-bond donors (Lipinski definition) is 2. The zero-order valence-corrected chi connectivity index (χ0v) is 13.6. The predicted molar refractivity (Wildman–Crippen MR) is 92.4 cm³/mol. The van der Waals surface area contributed by atoms with Crippen molar-refractivity contribution < 1.29 is 19.0 Å². The number of halogens is 1. The van der Waals surface area contributed by atoms with Crippen molar-refractivity contribution in [3.05, 3.63) is 76.5 Å². The highest BCUT2D eigenvalue weighted by atomic mass is 19.1. The van der Waals surface area contributed by atoms with Crippen LogP contribution in [0.25, 0.3) is 5.69 Å². The van der Waals surface area contributed by atoms with Crippen LogP contribution in [0, 0.1) is 5.82 Å². The van der Waals surface area contributed by atoms with Gasteiger partial charge in [0.05, 0.1) is 7.11 Å². The first-order valence-electron chi connectivity index (χ1n) is 7.53. The maximum Gasteiger partial charge on any atom is 0.279 e. The molecule has 0 atom stereocenters. The van der Waals surface area contributed by atoms with Gasteiger partial charge in [-0.25, -0.2) is 4.39 Å². The zero-order chi connectivity index (χ0) is 18.7. The van der Waals surface area contributed by atoms with Gasteiger partial charge in [-0.15, -0.1) is 0 Å². The standard InChI is InChI=1S/C18H14FN3O4/c1-26-15-5-3-2-4-13(15)22-16(24)10-14(23)17(21-22)18(25)20-12-8-6-11(19)7-9-12/h2-10,23H,1H3,(H,20,25). The molecule has 0 aliphatic heterocycles. The molecule has 0 spiro atoms. The second-order valence-corrected chi connectivity index (χ2v) is 5.26. The summed E-state index contributed by atoms with van der Waals surface area (Å²) in [4.78, 5) is 24.6. The number of rotatable bonds is 4. The molecule has 3 rings (SSSR count). The summed E-state index contributed by atoms with van der Waals surface area (Å²) < 4.78 is 19.1. The van der Waals surface area contributed by atoms with Crippen LogP contribution >= 0.6 is 0 Å². The Morgan fingerprint density at radius 1 is 1.19 bits per heavy atom. The van der Waals surface area contributed by atoms with E-state index in [1.165, 1.54) is 31.4 Å². The third-order valence-electron chi connectivity index (χ3n) is 3.54. The van der Waals surface area contributed by atoms with E-state index in [9.17, 15) is 19.1 Å². The number of nitrogens with zero attached hydrogens (tertiary/aromatic N) is 2. The van der Waals surface area contributed by atoms with Crippen LogP contribution in [0.3, 0.4) is 0 Å². The molecule has 1 heterocycles. The minimum absolute atomic E-state index is 0.313. The SMILES string of the molecule is COc1ccccc1-n1nc(C(=O)Nc2ccc(F)cc2)c(O)cc1=O. The maximum absolute atomic E-state index is 13.0. The van der Waals surface area contributed by atoms with E-state index in [0.29, 0.717) is 17.1 Å². The summed E-state index contributed by atoms with van der Waals surface area (Å²) in [6, 6.07) is 12.6. The van der Waals surface area contributed by atoms with E-state index in [1.54, 1.807) is 24.3 Å². The number of ether oxygens (including phenoxy) is 1. The van der Waals surface area contributed by atoms with Gasteiger partial charge in [0.15, 0.2) is 11.4 Å². The van der Waals surface area contributed by atoms with Crippen LogP contribution < -0.4 is 15.6 Å². The van der Waals surface area contributed by atoms with E-state index in [4.69, 9.17) is 4.74 Å². The van der Waals surface area contributed by atoms with E-state index in [1.807, 2.05) is 0 Å². The lowest BCUT2D eigenvalue weighted by Crippen LogP contribution is -2.25. The monoisotopic (exact) mass is 355 g/mol. The smallest absolute Gasteiger partial charge is 0.279 e. The molecule has 26 heavy (non-hydrogen) atoms. The lowest BCUT2D eigenvalue weighted by Gasteiger charge is -2.12. The maximum atomic E-state index is 13.0. The lowest BCUT2D eigenvalue weighted by atomic mass is 10.2. The second kappa shape index (κ2) is 7.06. The summed E-state index contributed by atoms with van der Waals surface area (Å²) in [5.41, 5.74) is -0.367. The van der Waals surface area contributed by atoms with Crippen LogP contribution in [0.2, 0.25) is 0 Å². The first-order valence-corrected chi connectivity index (χ1v) is 7.53. The Kier molecular flexibility index (Phi) is 4.66. The molecule has 132 valence electrons. The molecule has 0 aliphatic rings. The highest BCUT2D eigenvalue weighted by Gasteiger charge is 2.18. The Morgan fingerprint density at radius 2 is 1.88 bits per heavy atom. The summed E-state index contributed by atoms with van der Waals surface area (Å²) in [5, 5.41) is 16.4. The summed E-state index contributed by atoms with van der Waals surface area (Å²) in [5.74, 6) is -1.40. The molecule has 2 N–H and O–H groups in total. The summed E-state index contributed by atoms with van der Waals surface area (Å²) in [6.45, 7) is 0. The van der Waals surface area contributed by atoms with Gasteiger partial charge in [0, 0.05) is 11.8 Å². The summed E-state index contributed by atoms with van der Waals surface area (Å²) >= 11 is 0. The Morgan fingerprint density at radius 3 is 2.58 bits per heavy atom. The van der Waals surface area contributed by atoms with E-state index < -0.39 is 23.0 Å². The number of nitrogens with one attached hydrogen (secondary N) is 1. The van der Waals surface area contributed by atoms with Gasteiger partial charge in [0.25, 0.3) is 11.5 Å². The Bertz CT molecular complexity index is 1020. The number of carbonyl (C=O) groups is 1. The average molecular weight is 355 g/mol. The highest BCUT2D eigenvalue weighted by molar-refractivity contribution is 6.04. The third kappa shape index (κ3) is 3.39. The minimum Gasteiger partial charge on any atom is -0.505 e. The fraction of sp³-hybridized carbons (Fsp3) is 0.0556. The number of anilines is 1. The molecule has 3 aromatic rings. The molecular weight excluding hydrogens is 341 g/mol. The number of hydrogen-bond acceptors (Lipinski definition) is 5. The molecule has 0 aliphatic carbocycles. The molecule has 1 amide bonds. The molecule has 0 saturated carbocycles. The topological polar surface area (TPSA) is 93.5 Å². The fourth-order valence-corrected chi connectivity index (χ4v) is 2.31.